The zero-order valence-electron chi connectivity index (χ0n) is 16.3. The quantitative estimate of drug-likeness (QED) is 0.636. The third kappa shape index (κ3) is 3.94. The normalized spacial score (nSPS) is 17.7. The minimum atomic E-state index is -0.261. The van der Waals surface area contributed by atoms with Crippen LogP contribution in [0.1, 0.15) is 43.6 Å². The average molecular weight is 377 g/mol. The number of rotatable bonds is 7. The Bertz CT molecular complexity index is 929. The largest absolute Gasteiger partial charge is 0.368 e. The van der Waals surface area contributed by atoms with Gasteiger partial charge in [-0.1, -0.05) is 42.5 Å². The maximum atomic E-state index is 12.1. The Kier molecular flexibility index (Phi) is 5.72. The second-order valence-electron chi connectivity index (χ2n) is 7.37. The number of para-hydroxylation sites is 2. The molecular weight excluding hydrogens is 350 g/mol. The summed E-state index contributed by atoms with van der Waals surface area (Å²) in [4.78, 5) is 17.0. The van der Waals surface area contributed by atoms with Gasteiger partial charge in [-0.05, 0) is 43.9 Å². The van der Waals surface area contributed by atoms with Crippen molar-refractivity contribution in [2.75, 3.05) is 13.2 Å². The first-order valence-electron chi connectivity index (χ1n) is 10.1. The number of carbonyl (C=O) groups excluding carboxylic acids is 1. The van der Waals surface area contributed by atoms with Crippen molar-refractivity contribution < 1.29 is 9.53 Å². The van der Waals surface area contributed by atoms with E-state index in [1.807, 2.05) is 12.1 Å². The van der Waals surface area contributed by atoms with Crippen molar-refractivity contribution in [3.8, 4) is 0 Å². The highest BCUT2D eigenvalue weighted by molar-refractivity contribution is 5.81. The third-order valence-corrected chi connectivity index (χ3v) is 5.44. The SMILES string of the molecule is CC(c1ccccc1)n1c(CCCNC(=O)C2CCCO2)nc2ccccc21. The minimum absolute atomic E-state index is 0.0173. The van der Waals surface area contributed by atoms with Gasteiger partial charge in [0, 0.05) is 19.6 Å². The zero-order chi connectivity index (χ0) is 19.3. The predicted octanol–water partition coefficient (Wildman–Crippen LogP) is 3.87. The molecule has 0 saturated carbocycles. The molecule has 2 heterocycles. The van der Waals surface area contributed by atoms with Gasteiger partial charge in [0.15, 0.2) is 0 Å². The van der Waals surface area contributed by atoms with Gasteiger partial charge in [0.1, 0.15) is 11.9 Å². The molecule has 5 heteroatoms. The Labute approximate surface area is 165 Å². The second-order valence-corrected chi connectivity index (χ2v) is 7.37. The number of nitrogens with one attached hydrogen (secondary N) is 1. The van der Waals surface area contributed by atoms with Gasteiger partial charge >= 0.3 is 0 Å². The Morgan fingerprint density at radius 2 is 2.00 bits per heavy atom. The van der Waals surface area contributed by atoms with Crippen molar-refractivity contribution in [3.63, 3.8) is 0 Å². The number of aryl methyl sites for hydroxylation is 1. The van der Waals surface area contributed by atoms with Crippen molar-refractivity contribution >= 4 is 16.9 Å². The Balaban J connectivity index is 1.48. The summed E-state index contributed by atoms with van der Waals surface area (Å²) < 4.78 is 7.77. The second kappa shape index (κ2) is 8.57. The van der Waals surface area contributed by atoms with Crippen LogP contribution in [-0.4, -0.2) is 34.7 Å². The van der Waals surface area contributed by atoms with Crippen LogP contribution in [-0.2, 0) is 16.0 Å². The van der Waals surface area contributed by atoms with Crippen LogP contribution in [0.3, 0.4) is 0 Å². The van der Waals surface area contributed by atoms with E-state index in [-0.39, 0.29) is 18.1 Å². The van der Waals surface area contributed by atoms with E-state index in [4.69, 9.17) is 9.72 Å². The molecule has 1 fully saturated rings. The van der Waals surface area contributed by atoms with E-state index in [1.54, 1.807) is 0 Å². The lowest BCUT2D eigenvalue weighted by Gasteiger charge is -2.18. The Morgan fingerprint density at radius 3 is 2.79 bits per heavy atom. The molecule has 5 nitrogen and oxygen atoms in total. The van der Waals surface area contributed by atoms with E-state index in [0.717, 1.165) is 42.5 Å². The molecule has 1 saturated heterocycles. The lowest BCUT2D eigenvalue weighted by molar-refractivity contribution is -0.130. The molecule has 4 rings (SSSR count). The van der Waals surface area contributed by atoms with Crippen LogP contribution in [0.4, 0.5) is 0 Å². The van der Waals surface area contributed by atoms with Gasteiger partial charge in [-0.25, -0.2) is 4.98 Å². The molecule has 0 spiro atoms. The summed E-state index contributed by atoms with van der Waals surface area (Å²) in [6, 6.07) is 19.0. The van der Waals surface area contributed by atoms with E-state index < -0.39 is 0 Å². The fourth-order valence-corrected chi connectivity index (χ4v) is 3.94. The molecule has 1 N–H and O–H groups in total. The highest BCUT2D eigenvalue weighted by Gasteiger charge is 2.23. The van der Waals surface area contributed by atoms with Crippen LogP contribution in [0.15, 0.2) is 54.6 Å². The third-order valence-electron chi connectivity index (χ3n) is 5.44. The topological polar surface area (TPSA) is 56.2 Å². The zero-order valence-corrected chi connectivity index (χ0v) is 16.3. The van der Waals surface area contributed by atoms with E-state index >= 15 is 0 Å². The highest BCUT2D eigenvalue weighted by atomic mass is 16.5. The van der Waals surface area contributed by atoms with Crippen LogP contribution in [0.2, 0.25) is 0 Å². The van der Waals surface area contributed by atoms with Crippen molar-refractivity contribution in [2.24, 2.45) is 0 Å². The minimum Gasteiger partial charge on any atom is -0.368 e. The number of hydrogen-bond acceptors (Lipinski definition) is 3. The average Bonchev–Trinajstić information content (AvgIpc) is 3.39. The first-order valence-corrected chi connectivity index (χ1v) is 10.1. The number of carbonyl (C=O) groups is 1. The van der Waals surface area contributed by atoms with Crippen LogP contribution in [0, 0.1) is 0 Å². The number of fused-ring (bicyclic) bond motifs is 1. The van der Waals surface area contributed by atoms with Crippen LogP contribution >= 0.6 is 0 Å². The molecule has 2 aromatic carbocycles. The molecule has 3 aromatic rings. The number of ether oxygens (including phenoxy) is 1. The standard InChI is InChI=1S/C23H27N3O2/c1-17(18-9-3-2-4-10-18)26-20-12-6-5-11-19(20)25-22(26)14-7-15-24-23(27)21-13-8-16-28-21/h2-6,9-12,17,21H,7-8,13-16H2,1H3,(H,24,27). The first-order chi connectivity index (χ1) is 13.7. The van der Waals surface area contributed by atoms with Crippen molar-refractivity contribution in [3.05, 3.63) is 66.0 Å². The molecule has 0 radical (unpaired) electrons. The summed E-state index contributed by atoms with van der Waals surface area (Å²) in [5.74, 6) is 1.08. The number of imidazole rings is 1. The lowest BCUT2D eigenvalue weighted by Crippen LogP contribution is -2.34. The molecule has 28 heavy (non-hydrogen) atoms. The van der Waals surface area contributed by atoms with Crippen LogP contribution in [0.5, 0.6) is 0 Å². The molecular formula is C23H27N3O2. The van der Waals surface area contributed by atoms with E-state index in [0.29, 0.717) is 13.2 Å². The van der Waals surface area contributed by atoms with Crippen LogP contribution < -0.4 is 5.32 Å². The lowest BCUT2D eigenvalue weighted by atomic mass is 10.1. The highest BCUT2D eigenvalue weighted by Crippen LogP contribution is 2.26. The fourth-order valence-electron chi connectivity index (χ4n) is 3.94. The maximum absolute atomic E-state index is 12.1. The van der Waals surface area contributed by atoms with Gasteiger partial charge in [0.05, 0.1) is 17.1 Å². The summed E-state index contributed by atoms with van der Waals surface area (Å²) in [5.41, 5.74) is 3.43. The van der Waals surface area contributed by atoms with E-state index in [1.165, 1.54) is 5.56 Å². The van der Waals surface area contributed by atoms with Gasteiger partial charge in [-0.15, -0.1) is 0 Å². The maximum Gasteiger partial charge on any atom is 0.249 e. The van der Waals surface area contributed by atoms with Gasteiger partial charge in [-0.2, -0.15) is 0 Å². The van der Waals surface area contributed by atoms with E-state index in [9.17, 15) is 4.79 Å². The van der Waals surface area contributed by atoms with Crippen LogP contribution in [0.25, 0.3) is 11.0 Å². The summed E-state index contributed by atoms with van der Waals surface area (Å²) in [6.45, 7) is 3.55. The molecule has 2 unspecified atom stereocenters. The monoisotopic (exact) mass is 377 g/mol. The van der Waals surface area contributed by atoms with Gasteiger partial charge in [0.25, 0.3) is 0 Å². The number of hydrogen-bond donors (Lipinski definition) is 1. The molecule has 1 amide bonds. The number of amides is 1. The van der Waals surface area contributed by atoms with Crippen molar-refractivity contribution in [2.45, 2.75) is 44.8 Å². The summed E-state index contributed by atoms with van der Waals surface area (Å²) in [5, 5.41) is 3.01. The summed E-state index contributed by atoms with van der Waals surface area (Å²) >= 11 is 0. The van der Waals surface area contributed by atoms with Gasteiger partial charge in [0.2, 0.25) is 5.91 Å². The number of aromatic nitrogens is 2. The molecule has 0 bridgehead atoms. The molecule has 0 aliphatic carbocycles. The van der Waals surface area contributed by atoms with Crippen molar-refractivity contribution in [1.82, 2.24) is 14.9 Å². The molecule has 2 atom stereocenters. The Morgan fingerprint density at radius 1 is 1.21 bits per heavy atom. The fraction of sp³-hybridized carbons (Fsp3) is 0.391. The van der Waals surface area contributed by atoms with Gasteiger partial charge < -0.3 is 14.6 Å². The predicted molar refractivity (Wildman–Crippen MR) is 110 cm³/mol. The molecule has 1 aliphatic rings. The van der Waals surface area contributed by atoms with Gasteiger partial charge in [-0.3, -0.25) is 4.79 Å². The molecule has 1 aliphatic heterocycles. The first kappa shape index (κ1) is 18.7. The smallest absolute Gasteiger partial charge is 0.249 e. The van der Waals surface area contributed by atoms with E-state index in [2.05, 4.69) is 59.3 Å². The number of nitrogens with zero attached hydrogens (tertiary/aromatic N) is 2. The Hall–Kier alpha value is -2.66. The molecule has 146 valence electrons. The number of benzene rings is 2. The summed E-state index contributed by atoms with van der Waals surface area (Å²) in [6.07, 6.45) is 3.21. The van der Waals surface area contributed by atoms with Crippen molar-refractivity contribution in [1.29, 1.82) is 0 Å². The molecule has 1 aromatic heterocycles. The summed E-state index contributed by atoms with van der Waals surface area (Å²) in [7, 11) is 0.